The smallest absolute Gasteiger partial charge is 0.258 e. The van der Waals surface area contributed by atoms with Crippen LogP contribution < -0.4 is 10.2 Å². The Morgan fingerprint density at radius 3 is 2.57 bits per heavy atom. The zero-order valence-corrected chi connectivity index (χ0v) is 13.8. The maximum absolute atomic E-state index is 13.7. The Hall–Kier alpha value is -1.59. The number of anilines is 2. The summed E-state index contributed by atoms with van der Waals surface area (Å²) in [6, 6.07) is 9.34. The maximum Gasteiger partial charge on any atom is 0.258 e. The molecule has 0 aliphatic carbocycles. The number of hydrogen-bond donors (Lipinski definition) is 1. The molecule has 0 radical (unpaired) electrons. The molecule has 0 saturated carbocycles. The highest BCUT2D eigenvalue weighted by Crippen LogP contribution is 2.27. The fraction of sp³-hybridized carbons (Fsp3) is 0.133. The van der Waals surface area contributed by atoms with Crippen LogP contribution in [0.5, 0.6) is 0 Å². The number of amides is 1. The van der Waals surface area contributed by atoms with Crippen molar-refractivity contribution in [2.24, 2.45) is 0 Å². The molecule has 2 rings (SSSR count). The molecule has 0 spiro atoms. The van der Waals surface area contributed by atoms with Gasteiger partial charge >= 0.3 is 0 Å². The van der Waals surface area contributed by atoms with Gasteiger partial charge in [-0.1, -0.05) is 27.5 Å². The Morgan fingerprint density at radius 2 is 1.95 bits per heavy atom. The maximum atomic E-state index is 13.7. The first-order valence-electron chi connectivity index (χ1n) is 6.12. The Morgan fingerprint density at radius 1 is 1.24 bits per heavy atom. The molecule has 2 aromatic rings. The molecular formula is C15H13BrClFN2O. The van der Waals surface area contributed by atoms with Gasteiger partial charge in [0.1, 0.15) is 5.82 Å². The molecule has 0 saturated heterocycles. The molecular weight excluding hydrogens is 359 g/mol. The van der Waals surface area contributed by atoms with Crippen molar-refractivity contribution in [3.63, 3.8) is 0 Å². The summed E-state index contributed by atoms with van der Waals surface area (Å²) in [5, 5.41) is 3.14. The molecule has 0 bridgehead atoms. The van der Waals surface area contributed by atoms with Crippen LogP contribution in [-0.4, -0.2) is 20.0 Å². The van der Waals surface area contributed by atoms with Crippen LogP contribution in [0.1, 0.15) is 10.4 Å². The molecule has 0 aliphatic heterocycles. The summed E-state index contributed by atoms with van der Waals surface area (Å²) < 4.78 is 14.3. The number of halogens is 3. The van der Waals surface area contributed by atoms with Crippen molar-refractivity contribution in [3.05, 3.63) is 57.3 Å². The molecule has 21 heavy (non-hydrogen) atoms. The first-order valence-corrected chi connectivity index (χ1v) is 7.29. The fourth-order valence-corrected chi connectivity index (χ4v) is 2.53. The van der Waals surface area contributed by atoms with Crippen molar-refractivity contribution in [1.29, 1.82) is 0 Å². The van der Waals surface area contributed by atoms with Crippen LogP contribution in [0, 0.1) is 5.82 Å². The zero-order valence-electron chi connectivity index (χ0n) is 11.5. The van der Waals surface area contributed by atoms with Gasteiger partial charge in [0.25, 0.3) is 5.91 Å². The van der Waals surface area contributed by atoms with Crippen LogP contribution in [0.4, 0.5) is 15.8 Å². The van der Waals surface area contributed by atoms with Gasteiger partial charge in [-0.05, 0) is 36.4 Å². The van der Waals surface area contributed by atoms with Crippen LogP contribution in [0.15, 0.2) is 40.9 Å². The van der Waals surface area contributed by atoms with Gasteiger partial charge in [-0.15, -0.1) is 0 Å². The summed E-state index contributed by atoms with van der Waals surface area (Å²) in [4.78, 5) is 14.0. The van der Waals surface area contributed by atoms with E-state index in [4.69, 9.17) is 11.6 Å². The SMILES string of the molecule is CN(C)c1ccc(NC(=O)c2cc(Br)ccc2F)cc1Cl. The van der Waals surface area contributed by atoms with E-state index in [1.807, 2.05) is 19.0 Å². The Bertz CT molecular complexity index is 691. The zero-order chi connectivity index (χ0) is 15.6. The average molecular weight is 372 g/mol. The van der Waals surface area contributed by atoms with Crippen molar-refractivity contribution in [2.75, 3.05) is 24.3 Å². The van der Waals surface area contributed by atoms with E-state index in [1.54, 1.807) is 18.2 Å². The molecule has 110 valence electrons. The van der Waals surface area contributed by atoms with Gasteiger partial charge in [0.15, 0.2) is 0 Å². The highest BCUT2D eigenvalue weighted by atomic mass is 79.9. The van der Waals surface area contributed by atoms with Crippen LogP contribution in [-0.2, 0) is 0 Å². The molecule has 3 nitrogen and oxygen atoms in total. The molecule has 0 unspecified atom stereocenters. The Labute approximate surface area is 135 Å². The van der Waals surface area contributed by atoms with Gasteiger partial charge in [0.05, 0.1) is 16.3 Å². The van der Waals surface area contributed by atoms with E-state index in [-0.39, 0.29) is 5.56 Å². The minimum absolute atomic E-state index is 0.0304. The highest BCUT2D eigenvalue weighted by molar-refractivity contribution is 9.10. The van der Waals surface area contributed by atoms with Gasteiger partial charge in [-0.3, -0.25) is 4.79 Å². The standard InChI is InChI=1S/C15H13BrClFN2O/c1-20(2)14-6-4-10(8-12(14)17)19-15(21)11-7-9(16)3-5-13(11)18/h3-8H,1-2H3,(H,19,21). The number of hydrogen-bond acceptors (Lipinski definition) is 2. The van der Waals surface area contributed by atoms with Crippen LogP contribution in [0.2, 0.25) is 5.02 Å². The monoisotopic (exact) mass is 370 g/mol. The van der Waals surface area contributed by atoms with Gasteiger partial charge in [-0.25, -0.2) is 4.39 Å². The molecule has 0 atom stereocenters. The third-order valence-corrected chi connectivity index (χ3v) is 3.66. The molecule has 0 fully saturated rings. The number of carbonyl (C=O) groups is 1. The second-order valence-corrected chi connectivity index (χ2v) is 5.96. The summed E-state index contributed by atoms with van der Waals surface area (Å²) in [5.41, 5.74) is 1.32. The molecule has 2 aromatic carbocycles. The third-order valence-electron chi connectivity index (χ3n) is 2.86. The first kappa shape index (κ1) is 15.8. The lowest BCUT2D eigenvalue weighted by Gasteiger charge is -2.15. The molecule has 0 aliphatic rings. The second kappa shape index (κ2) is 6.45. The van der Waals surface area contributed by atoms with Crippen LogP contribution in [0.3, 0.4) is 0 Å². The van der Waals surface area contributed by atoms with Gasteiger partial charge in [-0.2, -0.15) is 0 Å². The Balaban J connectivity index is 2.24. The molecule has 1 amide bonds. The average Bonchev–Trinajstić information content (AvgIpc) is 2.41. The summed E-state index contributed by atoms with van der Waals surface area (Å²) in [7, 11) is 3.74. The molecule has 6 heteroatoms. The van der Waals surface area contributed by atoms with E-state index in [1.165, 1.54) is 18.2 Å². The number of benzene rings is 2. The second-order valence-electron chi connectivity index (χ2n) is 4.64. The van der Waals surface area contributed by atoms with E-state index < -0.39 is 11.7 Å². The topological polar surface area (TPSA) is 32.3 Å². The summed E-state index contributed by atoms with van der Waals surface area (Å²) in [5.74, 6) is -1.10. The van der Waals surface area contributed by atoms with Crippen molar-refractivity contribution in [1.82, 2.24) is 0 Å². The minimum Gasteiger partial charge on any atom is -0.376 e. The summed E-state index contributed by atoms with van der Waals surface area (Å²) in [6.07, 6.45) is 0. The van der Waals surface area contributed by atoms with E-state index in [9.17, 15) is 9.18 Å². The fourth-order valence-electron chi connectivity index (χ4n) is 1.82. The van der Waals surface area contributed by atoms with E-state index in [2.05, 4.69) is 21.2 Å². The van der Waals surface area contributed by atoms with Gasteiger partial charge < -0.3 is 10.2 Å². The number of rotatable bonds is 3. The number of nitrogens with one attached hydrogen (secondary N) is 1. The van der Waals surface area contributed by atoms with Crippen molar-refractivity contribution in [3.8, 4) is 0 Å². The van der Waals surface area contributed by atoms with Gasteiger partial charge in [0, 0.05) is 24.3 Å². The van der Waals surface area contributed by atoms with Crippen LogP contribution in [0.25, 0.3) is 0 Å². The lowest BCUT2D eigenvalue weighted by atomic mass is 10.2. The third kappa shape index (κ3) is 3.74. The van der Waals surface area contributed by atoms with Crippen molar-refractivity contribution >= 4 is 44.8 Å². The Kier molecular flexibility index (Phi) is 4.85. The predicted molar refractivity (Wildman–Crippen MR) is 87.8 cm³/mol. The normalized spacial score (nSPS) is 10.3. The van der Waals surface area contributed by atoms with E-state index in [0.717, 1.165) is 5.69 Å². The number of carbonyl (C=O) groups excluding carboxylic acids is 1. The van der Waals surface area contributed by atoms with Crippen molar-refractivity contribution < 1.29 is 9.18 Å². The number of nitrogens with zero attached hydrogens (tertiary/aromatic N) is 1. The first-order chi connectivity index (χ1) is 9.88. The van der Waals surface area contributed by atoms with E-state index >= 15 is 0 Å². The highest BCUT2D eigenvalue weighted by Gasteiger charge is 2.13. The quantitative estimate of drug-likeness (QED) is 0.858. The summed E-state index contributed by atoms with van der Waals surface area (Å²) >= 11 is 9.35. The molecule has 0 aromatic heterocycles. The van der Waals surface area contributed by atoms with E-state index in [0.29, 0.717) is 15.2 Å². The molecule has 1 N–H and O–H groups in total. The van der Waals surface area contributed by atoms with Crippen molar-refractivity contribution in [2.45, 2.75) is 0 Å². The van der Waals surface area contributed by atoms with Gasteiger partial charge in [0.2, 0.25) is 0 Å². The lowest BCUT2D eigenvalue weighted by Crippen LogP contribution is -2.14. The minimum atomic E-state index is -0.577. The lowest BCUT2D eigenvalue weighted by molar-refractivity contribution is 0.102. The largest absolute Gasteiger partial charge is 0.376 e. The van der Waals surface area contributed by atoms with Crippen LogP contribution >= 0.6 is 27.5 Å². The molecule has 0 heterocycles. The summed E-state index contributed by atoms with van der Waals surface area (Å²) in [6.45, 7) is 0. The predicted octanol–water partition coefficient (Wildman–Crippen LogP) is 4.56.